The number of benzene rings is 2. The fraction of sp³-hybridized carbons (Fsp3) is 0.227. The van der Waals surface area contributed by atoms with Gasteiger partial charge in [-0.05, 0) is 18.6 Å². The zero-order valence-corrected chi connectivity index (χ0v) is 16.2. The van der Waals surface area contributed by atoms with Crippen LogP contribution in [0.1, 0.15) is 17.3 Å². The highest BCUT2D eigenvalue weighted by Crippen LogP contribution is 2.33. The number of nitrogens with one attached hydrogen (secondary N) is 1. The van der Waals surface area contributed by atoms with Crippen LogP contribution >= 0.6 is 0 Å². The lowest BCUT2D eigenvalue weighted by molar-refractivity contribution is -0.136. The van der Waals surface area contributed by atoms with Gasteiger partial charge >= 0.3 is 12.0 Å². The number of imide groups is 1. The zero-order valence-electron chi connectivity index (χ0n) is 16.2. The lowest BCUT2D eigenvalue weighted by Crippen LogP contribution is -2.41. The van der Waals surface area contributed by atoms with E-state index in [0.29, 0.717) is 12.1 Å². The van der Waals surface area contributed by atoms with Crippen LogP contribution in [0.3, 0.4) is 0 Å². The summed E-state index contributed by atoms with van der Waals surface area (Å²) in [5.74, 6) is -1.13. The topological polar surface area (TPSA) is 80.6 Å². The van der Waals surface area contributed by atoms with E-state index < -0.39 is 24.0 Å². The Balaban J connectivity index is 1.72. The van der Waals surface area contributed by atoms with E-state index in [1.54, 1.807) is 0 Å². The molecule has 1 N–H and O–H groups in total. The normalized spacial score (nSPS) is 14.7. The van der Waals surface area contributed by atoms with Crippen molar-refractivity contribution >= 4 is 28.8 Å². The largest absolute Gasteiger partial charge is 0.449 e. The molecule has 29 heavy (non-hydrogen) atoms. The van der Waals surface area contributed by atoms with Crippen LogP contribution in [-0.2, 0) is 16.6 Å². The second-order valence-corrected chi connectivity index (χ2v) is 6.94. The van der Waals surface area contributed by atoms with E-state index >= 15 is 0 Å². The molecule has 1 aromatic heterocycles. The third-order valence-electron chi connectivity index (χ3n) is 5.11. The molecule has 1 saturated heterocycles. The maximum Gasteiger partial charge on any atom is 0.341 e. The Morgan fingerprint density at radius 3 is 2.45 bits per heavy atom. The number of aryl methyl sites for hydroxylation is 1. The van der Waals surface area contributed by atoms with Gasteiger partial charge in [0.1, 0.15) is 0 Å². The first-order chi connectivity index (χ1) is 14.0. The number of para-hydroxylation sites is 1. The van der Waals surface area contributed by atoms with Crippen molar-refractivity contribution in [2.45, 2.75) is 13.0 Å². The van der Waals surface area contributed by atoms with Crippen LogP contribution in [0, 0.1) is 0 Å². The van der Waals surface area contributed by atoms with E-state index in [0.717, 1.165) is 27.1 Å². The molecule has 7 heteroatoms. The maximum atomic E-state index is 13.2. The number of hydrogen-bond donors (Lipinski definition) is 1. The van der Waals surface area contributed by atoms with Crippen LogP contribution in [0.4, 0.5) is 4.79 Å². The van der Waals surface area contributed by atoms with E-state index in [-0.39, 0.29) is 6.54 Å². The Hall–Kier alpha value is -3.61. The van der Waals surface area contributed by atoms with Crippen LogP contribution in [0.5, 0.6) is 0 Å². The molecule has 4 rings (SSSR count). The molecule has 0 aliphatic carbocycles. The number of carbonyl (C=O) groups excluding carboxylic acids is 3. The molecular weight excluding hydrogens is 370 g/mol. The van der Waals surface area contributed by atoms with Gasteiger partial charge in [-0.1, -0.05) is 48.5 Å². The monoisotopic (exact) mass is 391 g/mol. The smallest absolute Gasteiger partial charge is 0.341 e. The Morgan fingerprint density at radius 2 is 1.76 bits per heavy atom. The zero-order chi connectivity index (χ0) is 20.5. The number of aromatic nitrogens is 1. The van der Waals surface area contributed by atoms with Gasteiger partial charge in [0.05, 0.1) is 11.3 Å². The van der Waals surface area contributed by atoms with Crippen LogP contribution in [-0.4, -0.2) is 46.6 Å². The van der Waals surface area contributed by atoms with Gasteiger partial charge in [0.15, 0.2) is 6.10 Å². The molecule has 0 bridgehead atoms. The molecule has 7 nitrogen and oxygen atoms in total. The highest BCUT2D eigenvalue weighted by atomic mass is 16.5. The highest BCUT2D eigenvalue weighted by molar-refractivity contribution is 6.11. The molecule has 1 aliphatic heterocycles. The lowest BCUT2D eigenvalue weighted by atomic mass is 10.1. The Kier molecular flexibility index (Phi) is 4.80. The fourth-order valence-electron chi connectivity index (χ4n) is 3.71. The quantitative estimate of drug-likeness (QED) is 0.694. The van der Waals surface area contributed by atoms with Gasteiger partial charge in [-0.15, -0.1) is 0 Å². The minimum Gasteiger partial charge on any atom is -0.449 e. The highest BCUT2D eigenvalue weighted by Gasteiger charge is 2.33. The first kappa shape index (κ1) is 18.7. The number of nitrogens with zero attached hydrogens (tertiary/aromatic N) is 2. The van der Waals surface area contributed by atoms with Gasteiger partial charge in [-0.25, -0.2) is 9.59 Å². The number of esters is 1. The Bertz CT molecular complexity index is 1100. The number of ether oxygens (including phenoxy) is 1. The minimum absolute atomic E-state index is 0.267. The molecule has 2 aromatic carbocycles. The maximum absolute atomic E-state index is 13.2. The molecular formula is C22H21N3O4. The Labute approximate surface area is 167 Å². The summed E-state index contributed by atoms with van der Waals surface area (Å²) in [6.45, 7) is 2.15. The standard InChI is InChI=1S/C22H21N3O4/c1-14(20(26)25-13-12-23-22(25)28)29-21(27)18-16-10-6-7-11-17(16)24(2)19(18)15-8-4-3-5-9-15/h3-11,14H,12-13H2,1-2H3,(H,23,28). The molecule has 148 valence electrons. The Morgan fingerprint density at radius 1 is 1.07 bits per heavy atom. The fourth-order valence-corrected chi connectivity index (χ4v) is 3.71. The molecule has 1 fully saturated rings. The summed E-state index contributed by atoms with van der Waals surface area (Å²) in [6.07, 6.45) is -1.08. The van der Waals surface area contributed by atoms with Gasteiger partial charge in [-0.3, -0.25) is 9.69 Å². The second-order valence-electron chi connectivity index (χ2n) is 6.94. The SMILES string of the molecule is CC(OC(=O)c1c(-c2ccccc2)n(C)c2ccccc12)C(=O)N1CCNC1=O. The van der Waals surface area contributed by atoms with E-state index in [2.05, 4.69) is 5.32 Å². The number of rotatable bonds is 4. The summed E-state index contributed by atoms with van der Waals surface area (Å²) in [4.78, 5) is 38.5. The second kappa shape index (κ2) is 7.43. The van der Waals surface area contributed by atoms with Crippen molar-refractivity contribution < 1.29 is 19.1 Å². The van der Waals surface area contributed by atoms with Crippen LogP contribution in [0.15, 0.2) is 54.6 Å². The number of urea groups is 1. The van der Waals surface area contributed by atoms with E-state index in [9.17, 15) is 14.4 Å². The van der Waals surface area contributed by atoms with Crippen molar-refractivity contribution in [3.05, 3.63) is 60.2 Å². The molecule has 0 radical (unpaired) electrons. The summed E-state index contributed by atoms with van der Waals surface area (Å²) in [5.41, 5.74) is 2.88. The number of carbonyl (C=O) groups is 3. The van der Waals surface area contributed by atoms with Crippen molar-refractivity contribution in [2.24, 2.45) is 7.05 Å². The van der Waals surface area contributed by atoms with E-state index in [4.69, 9.17) is 4.74 Å². The molecule has 3 aromatic rings. The summed E-state index contributed by atoms with van der Waals surface area (Å²) >= 11 is 0. The third kappa shape index (κ3) is 3.24. The first-order valence-electron chi connectivity index (χ1n) is 9.42. The molecule has 0 spiro atoms. The molecule has 2 heterocycles. The van der Waals surface area contributed by atoms with Crippen molar-refractivity contribution in [1.82, 2.24) is 14.8 Å². The predicted octanol–water partition coefficient (Wildman–Crippen LogP) is 2.94. The van der Waals surface area contributed by atoms with Gasteiger partial charge in [0, 0.05) is 31.0 Å². The molecule has 0 saturated carbocycles. The first-order valence-corrected chi connectivity index (χ1v) is 9.42. The number of hydrogen-bond acceptors (Lipinski definition) is 4. The van der Waals surface area contributed by atoms with E-state index in [1.807, 2.05) is 66.2 Å². The van der Waals surface area contributed by atoms with Gasteiger partial charge in [-0.2, -0.15) is 0 Å². The average Bonchev–Trinajstić information content (AvgIpc) is 3.29. The summed E-state index contributed by atoms with van der Waals surface area (Å²) < 4.78 is 7.47. The average molecular weight is 391 g/mol. The van der Waals surface area contributed by atoms with Gasteiger partial charge < -0.3 is 14.6 Å². The number of fused-ring (bicyclic) bond motifs is 1. The number of amides is 3. The molecule has 1 unspecified atom stereocenters. The predicted molar refractivity (Wildman–Crippen MR) is 108 cm³/mol. The molecule has 3 amide bonds. The summed E-state index contributed by atoms with van der Waals surface area (Å²) in [5, 5.41) is 3.32. The summed E-state index contributed by atoms with van der Waals surface area (Å²) in [7, 11) is 1.89. The van der Waals surface area contributed by atoms with Gasteiger partial charge in [0.2, 0.25) is 0 Å². The summed E-state index contributed by atoms with van der Waals surface area (Å²) in [6, 6.07) is 16.7. The van der Waals surface area contributed by atoms with Crippen LogP contribution in [0.25, 0.3) is 22.2 Å². The van der Waals surface area contributed by atoms with Crippen molar-refractivity contribution in [3.8, 4) is 11.3 Å². The van der Waals surface area contributed by atoms with E-state index in [1.165, 1.54) is 6.92 Å². The van der Waals surface area contributed by atoms with Crippen LogP contribution < -0.4 is 5.32 Å². The van der Waals surface area contributed by atoms with Gasteiger partial charge in [0.25, 0.3) is 5.91 Å². The van der Waals surface area contributed by atoms with Crippen molar-refractivity contribution in [3.63, 3.8) is 0 Å². The van der Waals surface area contributed by atoms with Crippen molar-refractivity contribution in [1.29, 1.82) is 0 Å². The minimum atomic E-state index is -1.08. The molecule has 1 atom stereocenters. The molecule has 1 aliphatic rings. The lowest BCUT2D eigenvalue weighted by Gasteiger charge is -2.18. The van der Waals surface area contributed by atoms with Crippen molar-refractivity contribution in [2.75, 3.05) is 13.1 Å². The van der Waals surface area contributed by atoms with Crippen LogP contribution in [0.2, 0.25) is 0 Å². The third-order valence-corrected chi connectivity index (χ3v) is 5.11.